The number of halogens is 2. The Bertz CT molecular complexity index is 693. The number of fused-ring (bicyclic) bond motifs is 1. The van der Waals surface area contributed by atoms with Crippen molar-refractivity contribution >= 4 is 17.7 Å². The van der Waals surface area contributed by atoms with Gasteiger partial charge in [-0.05, 0) is 36.2 Å². The Morgan fingerprint density at radius 2 is 2.19 bits per heavy atom. The largest absolute Gasteiger partial charge is 0.345 e. The average molecular weight is 306 g/mol. The van der Waals surface area contributed by atoms with Gasteiger partial charge >= 0.3 is 0 Å². The van der Waals surface area contributed by atoms with Crippen LogP contribution in [0, 0.1) is 11.6 Å². The molecule has 6 heteroatoms. The smallest absolute Gasteiger partial charge is 0.254 e. The number of benzene rings is 1. The molecule has 0 aliphatic carbocycles. The summed E-state index contributed by atoms with van der Waals surface area (Å²) in [7, 11) is 0. The predicted octanol–water partition coefficient (Wildman–Crippen LogP) is 3.33. The number of hydrogen-bond donors (Lipinski definition) is 1. The van der Waals surface area contributed by atoms with E-state index in [9.17, 15) is 13.6 Å². The summed E-state index contributed by atoms with van der Waals surface area (Å²) in [4.78, 5) is 16.7. The summed E-state index contributed by atoms with van der Waals surface area (Å²) in [5.41, 5.74) is 0.690. The van der Waals surface area contributed by atoms with Crippen molar-refractivity contribution in [3.05, 3.63) is 59.4 Å². The predicted molar refractivity (Wildman–Crippen MR) is 76.1 cm³/mol. The van der Waals surface area contributed by atoms with Gasteiger partial charge < -0.3 is 5.32 Å². The van der Waals surface area contributed by atoms with E-state index in [1.54, 1.807) is 17.8 Å². The zero-order chi connectivity index (χ0) is 14.8. The van der Waals surface area contributed by atoms with Crippen LogP contribution in [0.4, 0.5) is 8.78 Å². The van der Waals surface area contributed by atoms with Crippen LogP contribution in [0.1, 0.15) is 28.4 Å². The van der Waals surface area contributed by atoms with E-state index in [-0.39, 0.29) is 17.4 Å². The Balaban J connectivity index is 1.85. The third kappa shape index (κ3) is 2.90. The molecular weight excluding hydrogens is 294 g/mol. The van der Waals surface area contributed by atoms with Crippen molar-refractivity contribution in [1.82, 2.24) is 10.3 Å². The Morgan fingerprint density at radius 3 is 3.00 bits per heavy atom. The number of amides is 1. The SMILES string of the molecule is O=C(NC1CCSc2ccc(F)cc21)c1ccncc1F. The van der Waals surface area contributed by atoms with Crippen LogP contribution < -0.4 is 5.32 Å². The monoisotopic (exact) mass is 306 g/mol. The van der Waals surface area contributed by atoms with E-state index in [0.717, 1.165) is 22.4 Å². The zero-order valence-corrected chi connectivity index (χ0v) is 11.8. The molecule has 3 nitrogen and oxygen atoms in total. The summed E-state index contributed by atoms with van der Waals surface area (Å²) in [6, 6.07) is 5.56. The Morgan fingerprint density at radius 1 is 1.33 bits per heavy atom. The molecule has 1 aromatic carbocycles. The Kier molecular flexibility index (Phi) is 3.88. The molecule has 21 heavy (non-hydrogen) atoms. The molecule has 1 atom stereocenters. The molecule has 1 aliphatic heterocycles. The molecule has 1 aliphatic rings. The first-order valence-corrected chi connectivity index (χ1v) is 7.46. The van der Waals surface area contributed by atoms with Crippen LogP contribution in [-0.2, 0) is 0 Å². The number of nitrogens with zero attached hydrogens (tertiary/aromatic N) is 1. The fourth-order valence-corrected chi connectivity index (χ4v) is 3.42. The molecule has 0 saturated carbocycles. The van der Waals surface area contributed by atoms with Gasteiger partial charge in [0.25, 0.3) is 5.91 Å². The lowest BCUT2D eigenvalue weighted by molar-refractivity contribution is 0.0930. The average Bonchev–Trinajstić information content (AvgIpc) is 2.48. The summed E-state index contributed by atoms with van der Waals surface area (Å²) in [6.07, 6.45) is 3.04. The van der Waals surface area contributed by atoms with Gasteiger partial charge in [-0.3, -0.25) is 9.78 Å². The van der Waals surface area contributed by atoms with Crippen molar-refractivity contribution in [1.29, 1.82) is 0 Å². The third-order valence-corrected chi connectivity index (χ3v) is 4.46. The molecule has 0 spiro atoms. The second-order valence-corrected chi connectivity index (χ2v) is 5.84. The number of pyridine rings is 1. The van der Waals surface area contributed by atoms with E-state index in [1.165, 1.54) is 24.4 Å². The first-order valence-electron chi connectivity index (χ1n) is 6.48. The number of hydrogen-bond acceptors (Lipinski definition) is 3. The fraction of sp³-hybridized carbons (Fsp3) is 0.200. The molecular formula is C15H12F2N2OS. The van der Waals surface area contributed by atoms with Gasteiger partial charge in [0.2, 0.25) is 0 Å². The summed E-state index contributed by atoms with van der Waals surface area (Å²) < 4.78 is 27.0. The molecule has 0 radical (unpaired) electrons. The van der Waals surface area contributed by atoms with Crippen molar-refractivity contribution in [2.24, 2.45) is 0 Å². The van der Waals surface area contributed by atoms with Crippen LogP contribution in [0.2, 0.25) is 0 Å². The number of thioether (sulfide) groups is 1. The summed E-state index contributed by atoms with van der Waals surface area (Å²) in [5.74, 6) is -0.699. The number of carbonyl (C=O) groups excluding carboxylic acids is 1. The molecule has 1 unspecified atom stereocenters. The van der Waals surface area contributed by atoms with Gasteiger partial charge in [-0.25, -0.2) is 8.78 Å². The molecule has 3 rings (SSSR count). The number of carbonyl (C=O) groups is 1. The normalized spacial score (nSPS) is 17.1. The van der Waals surface area contributed by atoms with E-state index in [4.69, 9.17) is 0 Å². The minimum Gasteiger partial charge on any atom is -0.345 e. The van der Waals surface area contributed by atoms with E-state index in [2.05, 4.69) is 10.3 Å². The lowest BCUT2D eigenvalue weighted by Gasteiger charge is -2.26. The van der Waals surface area contributed by atoms with Gasteiger partial charge in [-0.1, -0.05) is 0 Å². The highest BCUT2D eigenvalue weighted by atomic mass is 32.2. The maximum Gasteiger partial charge on any atom is 0.254 e. The first kappa shape index (κ1) is 14.0. The summed E-state index contributed by atoms with van der Waals surface area (Å²) >= 11 is 1.63. The molecule has 1 aromatic heterocycles. The fourth-order valence-electron chi connectivity index (χ4n) is 2.31. The second-order valence-electron chi connectivity index (χ2n) is 4.70. The molecule has 0 fully saturated rings. The highest BCUT2D eigenvalue weighted by molar-refractivity contribution is 7.99. The lowest BCUT2D eigenvalue weighted by Crippen LogP contribution is -2.31. The Labute approximate surface area is 124 Å². The van der Waals surface area contributed by atoms with Crippen molar-refractivity contribution < 1.29 is 13.6 Å². The Hall–Kier alpha value is -1.95. The molecule has 2 heterocycles. The molecule has 2 aromatic rings. The van der Waals surface area contributed by atoms with Gasteiger partial charge in [0.1, 0.15) is 5.82 Å². The minimum absolute atomic E-state index is 0.0545. The highest BCUT2D eigenvalue weighted by Gasteiger charge is 2.24. The van der Waals surface area contributed by atoms with E-state index in [0.29, 0.717) is 6.42 Å². The molecule has 0 bridgehead atoms. The van der Waals surface area contributed by atoms with Crippen molar-refractivity contribution in [3.8, 4) is 0 Å². The van der Waals surface area contributed by atoms with Crippen LogP contribution in [0.25, 0.3) is 0 Å². The molecule has 1 amide bonds. The molecule has 0 saturated heterocycles. The number of aromatic nitrogens is 1. The molecule has 108 valence electrons. The summed E-state index contributed by atoms with van der Waals surface area (Å²) in [6.45, 7) is 0. The minimum atomic E-state index is -0.667. The van der Waals surface area contributed by atoms with Crippen LogP contribution in [0.15, 0.2) is 41.6 Å². The molecule has 1 N–H and O–H groups in total. The second kappa shape index (κ2) is 5.81. The topological polar surface area (TPSA) is 42.0 Å². The van der Waals surface area contributed by atoms with Crippen molar-refractivity contribution in [2.45, 2.75) is 17.4 Å². The van der Waals surface area contributed by atoms with Crippen LogP contribution in [-0.4, -0.2) is 16.6 Å². The van der Waals surface area contributed by atoms with Gasteiger partial charge in [-0.15, -0.1) is 11.8 Å². The van der Waals surface area contributed by atoms with E-state index >= 15 is 0 Å². The quantitative estimate of drug-likeness (QED) is 0.925. The van der Waals surface area contributed by atoms with Crippen LogP contribution in [0.3, 0.4) is 0 Å². The van der Waals surface area contributed by atoms with Crippen LogP contribution in [0.5, 0.6) is 0 Å². The lowest BCUT2D eigenvalue weighted by atomic mass is 10.0. The number of nitrogens with one attached hydrogen (secondary N) is 1. The van der Waals surface area contributed by atoms with Gasteiger partial charge in [0, 0.05) is 16.8 Å². The van der Waals surface area contributed by atoms with Crippen molar-refractivity contribution in [2.75, 3.05) is 5.75 Å². The maximum atomic E-state index is 13.6. The van der Waals surface area contributed by atoms with E-state index in [1.807, 2.05) is 0 Å². The van der Waals surface area contributed by atoms with Gasteiger partial charge in [0.15, 0.2) is 5.82 Å². The number of rotatable bonds is 2. The van der Waals surface area contributed by atoms with Gasteiger partial charge in [-0.2, -0.15) is 0 Å². The standard InChI is InChI=1S/C15H12F2N2OS/c16-9-1-2-14-11(7-9)13(4-6-21-14)19-15(20)10-3-5-18-8-12(10)17/h1-3,5,7-8,13H,4,6H2,(H,19,20). The highest BCUT2D eigenvalue weighted by Crippen LogP contribution is 2.36. The van der Waals surface area contributed by atoms with Crippen LogP contribution >= 0.6 is 11.8 Å². The zero-order valence-electron chi connectivity index (χ0n) is 11.0. The van der Waals surface area contributed by atoms with Crippen molar-refractivity contribution in [3.63, 3.8) is 0 Å². The van der Waals surface area contributed by atoms with Gasteiger partial charge in [0.05, 0.1) is 17.8 Å². The first-order chi connectivity index (χ1) is 10.1. The van der Waals surface area contributed by atoms with E-state index < -0.39 is 11.7 Å². The summed E-state index contributed by atoms with van der Waals surface area (Å²) in [5, 5.41) is 2.77. The third-order valence-electron chi connectivity index (χ3n) is 3.33. The maximum absolute atomic E-state index is 13.6.